The lowest BCUT2D eigenvalue weighted by atomic mass is 9.57. The van der Waals surface area contributed by atoms with Crippen LogP contribution in [0.5, 0.6) is 17.2 Å². The SMILES string of the molecule is C=C1CC[C@@]2(C)C[C@@]2(C)[C@H]2[C@H]1CC[C@]2(C)[C@H](CC(C)C)c1c(O)c(C=O)c(O)c(C=O)c1O. The van der Waals surface area contributed by atoms with Gasteiger partial charge in [0.25, 0.3) is 0 Å². The van der Waals surface area contributed by atoms with Crippen LogP contribution in [0.3, 0.4) is 0 Å². The number of benzene rings is 1. The highest BCUT2D eigenvalue weighted by atomic mass is 16.3. The number of rotatable bonds is 6. The van der Waals surface area contributed by atoms with Gasteiger partial charge in [0, 0.05) is 5.56 Å². The Labute approximate surface area is 196 Å². The van der Waals surface area contributed by atoms with Crippen LogP contribution < -0.4 is 0 Å². The molecule has 6 atom stereocenters. The number of aromatic hydroxyl groups is 3. The van der Waals surface area contributed by atoms with E-state index in [0.29, 0.717) is 30.8 Å². The van der Waals surface area contributed by atoms with Crippen LogP contribution in [0.4, 0.5) is 0 Å². The molecule has 5 heteroatoms. The second kappa shape index (κ2) is 7.61. The second-order valence-corrected chi connectivity index (χ2v) is 12.1. The van der Waals surface area contributed by atoms with Crippen LogP contribution in [0.25, 0.3) is 0 Å². The Morgan fingerprint density at radius 2 is 1.58 bits per heavy atom. The first-order valence-electron chi connectivity index (χ1n) is 12.2. The third-order valence-corrected chi connectivity index (χ3v) is 9.94. The van der Waals surface area contributed by atoms with Gasteiger partial charge < -0.3 is 15.3 Å². The Morgan fingerprint density at radius 3 is 2.09 bits per heavy atom. The Bertz CT molecular complexity index is 991. The topological polar surface area (TPSA) is 94.8 Å². The van der Waals surface area contributed by atoms with Crippen LogP contribution in [-0.4, -0.2) is 27.9 Å². The smallest absolute Gasteiger partial charge is 0.157 e. The molecule has 0 radical (unpaired) electrons. The summed E-state index contributed by atoms with van der Waals surface area (Å²) in [5.74, 6) is -0.796. The minimum atomic E-state index is -0.666. The summed E-state index contributed by atoms with van der Waals surface area (Å²) in [5.41, 5.74) is 0.998. The van der Waals surface area contributed by atoms with Crippen molar-refractivity contribution in [1.82, 2.24) is 0 Å². The molecule has 1 aromatic rings. The minimum absolute atomic E-state index is 0.140. The largest absolute Gasteiger partial charge is 0.507 e. The average molecular weight is 455 g/mol. The molecule has 0 amide bonds. The van der Waals surface area contributed by atoms with E-state index in [1.165, 1.54) is 5.57 Å². The molecule has 33 heavy (non-hydrogen) atoms. The fraction of sp³-hybridized carbons (Fsp3) is 0.643. The standard InChI is InChI=1S/C28H38O5/c1-15(2)11-20(21-23(32)18(12-29)22(31)19(13-30)24(21)33)27(5)10-8-17-16(3)7-9-26(4)14-28(26,6)25(17)27/h12-13,15,17,20,25,31-33H,3,7-11,14H2,1-2,4-6H3/t17-,20+,25-,26-,27+,28-/m0/s1. The fourth-order valence-corrected chi connectivity index (χ4v) is 8.01. The zero-order valence-electron chi connectivity index (χ0n) is 20.6. The van der Waals surface area contributed by atoms with Crippen molar-refractivity contribution in [2.24, 2.45) is 34.0 Å². The number of hydrogen-bond acceptors (Lipinski definition) is 5. The molecule has 0 aromatic heterocycles. The summed E-state index contributed by atoms with van der Waals surface area (Å²) in [4.78, 5) is 23.5. The van der Waals surface area contributed by atoms with Gasteiger partial charge in [-0.15, -0.1) is 0 Å². The maximum Gasteiger partial charge on any atom is 0.157 e. The molecule has 0 spiro atoms. The summed E-state index contributed by atoms with van der Waals surface area (Å²) in [5, 5.41) is 32.6. The van der Waals surface area contributed by atoms with Crippen molar-refractivity contribution in [2.75, 3.05) is 0 Å². The molecule has 0 bridgehead atoms. The molecule has 0 aliphatic heterocycles. The third-order valence-electron chi connectivity index (χ3n) is 9.94. The first-order chi connectivity index (χ1) is 15.4. The molecule has 3 N–H and O–H groups in total. The van der Waals surface area contributed by atoms with Crippen LogP contribution in [0.2, 0.25) is 0 Å². The maximum atomic E-state index is 11.8. The Hall–Kier alpha value is -2.30. The lowest BCUT2D eigenvalue weighted by Crippen LogP contribution is -2.39. The highest BCUT2D eigenvalue weighted by Gasteiger charge is 2.72. The lowest BCUT2D eigenvalue weighted by Gasteiger charge is -2.46. The molecule has 3 fully saturated rings. The van der Waals surface area contributed by atoms with Crippen LogP contribution in [-0.2, 0) is 0 Å². The average Bonchev–Trinajstić information content (AvgIpc) is 3.11. The van der Waals surface area contributed by atoms with E-state index in [2.05, 4.69) is 41.2 Å². The molecule has 1 aromatic carbocycles. The van der Waals surface area contributed by atoms with Gasteiger partial charge in [0.2, 0.25) is 0 Å². The molecule has 3 aliphatic rings. The van der Waals surface area contributed by atoms with Gasteiger partial charge in [-0.05, 0) is 78.4 Å². The van der Waals surface area contributed by atoms with Crippen molar-refractivity contribution >= 4 is 12.6 Å². The Morgan fingerprint density at radius 1 is 1.00 bits per heavy atom. The van der Waals surface area contributed by atoms with E-state index in [1.807, 2.05) is 0 Å². The first kappa shape index (κ1) is 23.8. The van der Waals surface area contributed by atoms with Gasteiger partial charge in [0.1, 0.15) is 17.2 Å². The molecular weight excluding hydrogens is 416 g/mol. The van der Waals surface area contributed by atoms with Crippen LogP contribution in [0, 0.1) is 34.0 Å². The van der Waals surface area contributed by atoms with Gasteiger partial charge in [-0.1, -0.05) is 46.8 Å². The van der Waals surface area contributed by atoms with E-state index in [9.17, 15) is 24.9 Å². The number of fused-ring (bicyclic) bond motifs is 3. The molecule has 5 nitrogen and oxygen atoms in total. The van der Waals surface area contributed by atoms with Crippen LogP contribution in [0.15, 0.2) is 12.2 Å². The van der Waals surface area contributed by atoms with Crippen molar-refractivity contribution in [3.63, 3.8) is 0 Å². The van der Waals surface area contributed by atoms with Gasteiger partial charge in [0.15, 0.2) is 12.6 Å². The number of aldehydes is 2. The predicted octanol–water partition coefficient (Wildman–Crippen LogP) is 6.36. The quantitative estimate of drug-likeness (QED) is 0.343. The minimum Gasteiger partial charge on any atom is -0.507 e. The number of carbonyl (C=O) groups excluding carboxylic acids is 2. The summed E-state index contributed by atoms with van der Waals surface area (Å²) in [7, 11) is 0. The summed E-state index contributed by atoms with van der Waals surface area (Å²) in [6.07, 6.45) is 6.67. The molecule has 3 saturated carbocycles. The number of carbonyl (C=O) groups is 2. The second-order valence-electron chi connectivity index (χ2n) is 12.1. The van der Waals surface area contributed by atoms with Crippen molar-refractivity contribution in [2.45, 2.75) is 79.1 Å². The number of phenols is 3. The van der Waals surface area contributed by atoms with Gasteiger partial charge in [-0.2, -0.15) is 0 Å². The van der Waals surface area contributed by atoms with Gasteiger partial charge in [-0.25, -0.2) is 0 Å². The highest BCUT2D eigenvalue weighted by molar-refractivity contribution is 5.95. The van der Waals surface area contributed by atoms with E-state index in [-0.39, 0.29) is 44.8 Å². The Kier molecular flexibility index (Phi) is 5.50. The molecule has 180 valence electrons. The highest BCUT2D eigenvalue weighted by Crippen LogP contribution is 2.80. The zero-order valence-corrected chi connectivity index (χ0v) is 20.6. The number of phenolic OH excluding ortho intramolecular Hbond substituents is 3. The summed E-state index contributed by atoms with van der Waals surface area (Å²) < 4.78 is 0. The van der Waals surface area contributed by atoms with E-state index < -0.39 is 17.2 Å². The monoisotopic (exact) mass is 454 g/mol. The fourth-order valence-electron chi connectivity index (χ4n) is 8.01. The van der Waals surface area contributed by atoms with Gasteiger partial charge in [-0.3, -0.25) is 9.59 Å². The van der Waals surface area contributed by atoms with E-state index in [0.717, 1.165) is 32.1 Å². The van der Waals surface area contributed by atoms with E-state index in [1.54, 1.807) is 0 Å². The first-order valence-corrected chi connectivity index (χ1v) is 12.2. The molecule has 3 aliphatic carbocycles. The van der Waals surface area contributed by atoms with Crippen molar-refractivity contribution in [3.05, 3.63) is 28.8 Å². The number of hydrogen-bond donors (Lipinski definition) is 3. The van der Waals surface area contributed by atoms with Gasteiger partial charge >= 0.3 is 0 Å². The third kappa shape index (κ3) is 3.18. The molecule has 4 rings (SSSR count). The molecule has 0 saturated heterocycles. The van der Waals surface area contributed by atoms with Crippen LogP contribution in [0.1, 0.15) is 105 Å². The van der Waals surface area contributed by atoms with E-state index in [4.69, 9.17) is 0 Å². The maximum absolute atomic E-state index is 11.8. The molecular formula is C28H38O5. The number of allylic oxidation sites excluding steroid dienone is 1. The normalized spacial score (nSPS) is 36.1. The summed E-state index contributed by atoms with van der Waals surface area (Å²) in [6.45, 7) is 15.7. The van der Waals surface area contributed by atoms with E-state index >= 15 is 0 Å². The van der Waals surface area contributed by atoms with Crippen LogP contribution >= 0.6 is 0 Å². The summed E-state index contributed by atoms with van der Waals surface area (Å²) >= 11 is 0. The van der Waals surface area contributed by atoms with Crippen molar-refractivity contribution in [1.29, 1.82) is 0 Å². The lowest BCUT2D eigenvalue weighted by molar-refractivity contribution is 0.0655. The zero-order chi connectivity index (χ0) is 24.5. The predicted molar refractivity (Wildman–Crippen MR) is 128 cm³/mol. The van der Waals surface area contributed by atoms with Crippen molar-refractivity contribution in [3.8, 4) is 17.2 Å². The summed E-state index contributed by atoms with van der Waals surface area (Å²) in [6, 6.07) is 0. The molecule has 0 unspecified atom stereocenters. The van der Waals surface area contributed by atoms with Gasteiger partial charge in [0.05, 0.1) is 11.1 Å². The van der Waals surface area contributed by atoms with Crippen molar-refractivity contribution < 1.29 is 24.9 Å². The Balaban J connectivity index is 1.96. The molecule has 0 heterocycles.